The molecule has 0 bridgehead atoms. The molecule has 0 aliphatic rings. The molecule has 0 amide bonds. The van der Waals surface area contributed by atoms with Gasteiger partial charge in [-0.15, -0.1) is 0 Å². The first kappa shape index (κ1) is 11.6. The van der Waals surface area contributed by atoms with Crippen LogP contribution in [0, 0.1) is 0 Å². The summed E-state index contributed by atoms with van der Waals surface area (Å²) in [4.78, 5) is 8.42. The summed E-state index contributed by atoms with van der Waals surface area (Å²) >= 11 is 0. The highest BCUT2D eigenvalue weighted by atomic mass is 14.8. The molecule has 17 heavy (non-hydrogen) atoms. The van der Waals surface area contributed by atoms with Crippen LogP contribution in [0.2, 0.25) is 0 Å². The Labute approximate surface area is 102 Å². The molecule has 2 aromatic rings. The van der Waals surface area contributed by atoms with Crippen molar-refractivity contribution in [1.29, 1.82) is 0 Å². The van der Waals surface area contributed by atoms with Crippen LogP contribution in [-0.4, -0.2) is 9.97 Å². The van der Waals surface area contributed by atoms with Gasteiger partial charge in [-0.25, -0.2) is 4.98 Å². The summed E-state index contributed by atoms with van der Waals surface area (Å²) in [6.07, 6.45) is 6.63. The van der Waals surface area contributed by atoms with Crippen molar-refractivity contribution >= 4 is 5.82 Å². The fraction of sp³-hybridized carbons (Fsp3) is 0.286. The first-order valence-corrected chi connectivity index (χ1v) is 5.92. The highest BCUT2D eigenvalue weighted by Gasteiger charge is 1.98. The summed E-state index contributed by atoms with van der Waals surface area (Å²) in [5.41, 5.74) is 9.25. The molecular weight excluding hydrogens is 210 g/mol. The fourth-order valence-corrected chi connectivity index (χ4v) is 1.73. The Bertz CT molecular complexity index is 477. The van der Waals surface area contributed by atoms with Gasteiger partial charge in [-0.3, -0.25) is 4.98 Å². The maximum atomic E-state index is 5.64. The summed E-state index contributed by atoms with van der Waals surface area (Å²) < 4.78 is 0. The zero-order valence-corrected chi connectivity index (χ0v) is 10.1. The molecule has 0 aromatic carbocycles. The van der Waals surface area contributed by atoms with Gasteiger partial charge in [0.2, 0.25) is 0 Å². The normalized spacial score (nSPS) is 10.4. The zero-order chi connectivity index (χ0) is 12.1. The van der Waals surface area contributed by atoms with Gasteiger partial charge in [0.1, 0.15) is 5.82 Å². The molecule has 0 aliphatic carbocycles. The van der Waals surface area contributed by atoms with E-state index in [1.165, 1.54) is 11.1 Å². The summed E-state index contributed by atoms with van der Waals surface area (Å²) in [5, 5.41) is 0. The molecule has 0 aliphatic heterocycles. The minimum absolute atomic E-state index is 0.580. The average molecular weight is 227 g/mol. The number of aromatic nitrogens is 2. The van der Waals surface area contributed by atoms with E-state index < -0.39 is 0 Å². The molecule has 0 radical (unpaired) electrons. The third kappa shape index (κ3) is 3.28. The molecule has 0 fully saturated rings. The van der Waals surface area contributed by atoms with Gasteiger partial charge in [-0.1, -0.05) is 13.0 Å². The molecule has 3 heteroatoms. The molecule has 2 rings (SSSR count). The minimum Gasteiger partial charge on any atom is -0.384 e. The second kappa shape index (κ2) is 5.43. The Hall–Kier alpha value is -1.90. The van der Waals surface area contributed by atoms with Gasteiger partial charge in [0.15, 0.2) is 0 Å². The molecule has 0 unspecified atom stereocenters. The molecule has 2 N–H and O–H groups in total. The molecule has 0 saturated heterocycles. The lowest BCUT2D eigenvalue weighted by Crippen LogP contribution is -1.97. The number of hydrogen-bond donors (Lipinski definition) is 1. The van der Waals surface area contributed by atoms with Crippen molar-refractivity contribution in [3.8, 4) is 0 Å². The fourth-order valence-electron chi connectivity index (χ4n) is 1.73. The first-order valence-electron chi connectivity index (χ1n) is 5.92. The Kier molecular flexibility index (Phi) is 3.70. The van der Waals surface area contributed by atoms with Crippen LogP contribution >= 0.6 is 0 Å². The van der Waals surface area contributed by atoms with E-state index in [2.05, 4.69) is 29.0 Å². The first-order chi connectivity index (χ1) is 8.28. The van der Waals surface area contributed by atoms with Crippen LogP contribution in [0.4, 0.5) is 5.82 Å². The van der Waals surface area contributed by atoms with E-state index in [-0.39, 0.29) is 0 Å². The zero-order valence-electron chi connectivity index (χ0n) is 10.1. The molecular formula is C14H17N3. The van der Waals surface area contributed by atoms with Gasteiger partial charge in [0.25, 0.3) is 0 Å². The van der Waals surface area contributed by atoms with Crippen LogP contribution in [0.15, 0.2) is 36.7 Å². The largest absolute Gasteiger partial charge is 0.384 e. The highest BCUT2D eigenvalue weighted by Crippen LogP contribution is 2.08. The van der Waals surface area contributed by atoms with Gasteiger partial charge in [-0.05, 0) is 48.6 Å². The third-order valence-electron chi connectivity index (χ3n) is 2.81. The summed E-state index contributed by atoms with van der Waals surface area (Å²) in [5.74, 6) is 0.580. The number of aryl methyl sites for hydroxylation is 3. The smallest absolute Gasteiger partial charge is 0.123 e. The minimum atomic E-state index is 0.580. The van der Waals surface area contributed by atoms with Crippen molar-refractivity contribution in [2.45, 2.75) is 26.2 Å². The predicted molar refractivity (Wildman–Crippen MR) is 69.7 cm³/mol. The standard InChI is InChI=1S/C14H17N3/c1-2-11-3-5-13(17-10-11)6-4-12-7-8-16-14(15)9-12/h3,5,7-10H,2,4,6H2,1H3,(H2,15,16). The molecule has 0 atom stereocenters. The van der Waals surface area contributed by atoms with Gasteiger partial charge in [-0.2, -0.15) is 0 Å². The molecule has 3 nitrogen and oxygen atoms in total. The number of nitrogens with two attached hydrogens (primary N) is 1. The van der Waals surface area contributed by atoms with E-state index in [0.29, 0.717) is 5.82 Å². The summed E-state index contributed by atoms with van der Waals surface area (Å²) in [7, 11) is 0. The van der Waals surface area contributed by atoms with Crippen LogP contribution < -0.4 is 5.73 Å². The van der Waals surface area contributed by atoms with Gasteiger partial charge in [0.05, 0.1) is 0 Å². The number of nitrogen functional groups attached to an aromatic ring is 1. The maximum Gasteiger partial charge on any atom is 0.123 e. The monoisotopic (exact) mass is 227 g/mol. The number of rotatable bonds is 4. The Morgan fingerprint density at radius 3 is 2.59 bits per heavy atom. The summed E-state index contributed by atoms with van der Waals surface area (Å²) in [6.45, 7) is 2.14. The van der Waals surface area contributed by atoms with Crippen molar-refractivity contribution in [2.75, 3.05) is 5.73 Å². The van der Waals surface area contributed by atoms with E-state index >= 15 is 0 Å². The lowest BCUT2D eigenvalue weighted by Gasteiger charge is -2.03. The summed E-state index contributed by atoms with van der Waals surface area (Å²) in [6, 6.07) is 8.16. The second-order valence-corrected chi connectivity index (χ2v) is 4.10. The highest BCUT2D eigenvalue weighted by molar-refractivity contribution is 5.32. The molecule has 2 heterocycles. The molecule has 88 valence electrons. The second-order valence-electron chi connectivity index (χ2n) is 4.10. The Morgan fingerprint density at radius 1 is 1.06 bits per heavy atom. The molecule has 0 saturated carbocycles. The van der Waals surface area contributed by atoms with E-state index in [9.17, 15) is 0 Å². The average Bonchev–Trinajstić information content (AvgIpc) is 2.37. The van der Waals surface area contributed by atoms with Crippen LogP contribution in [0.1, 0.15) is 23.7 Å². The lowest BCUT2D eigenvalue weighted by molar-refractivity contribution is 0.904. The topological polar surface area (TPSA) is 51.8 Å². The SMILES string of the molecule is CCc1ccc(CCc2ccnc(N)c2)nc1. The van der Waals surface area contributed by atoms with Crippen molar-refractivity contribution < 1.29 is 0 Å². The number of nitrogens with zero attached hydrogens (tertiary/aromatic N) is 2. The van der Waals surface area contributed by atoms with E-state index in [4.69, 9.17) is 5.73 Å². The van der Waals surface area contributed by atoms with Crippen LogP contribution in [0.5, 0.6) is 0 Å². The lowest BCUT2D eigenvalue weighted by atomic mass is 10.1. The van der Waals surface area contributed by atoms with Gasteiger partial charge < -0.3 is 5.73 Å². The predicted octanol–water partition coefficient (Wildman–Crippen LogP) is 2.41. The molecule has 0 spiro atoms. The van der Waals surface area contributed by atoms with Gasteiger partial charge in [0, 0.05) is 18.1 Å². The number of anilines is 1. The van der Waals surface area contributed by atoms with Gasteiger partial charge >= 0.3 is 0 Å². The van der Waals surface area contributed by atoms with E-state index in [1.54, 1.807) is 6.20 Å². The number of pyridine rings is 2. The van der Waals surface area contributed by atoms with Crippen molar-refractivity contribution in [1.82, 2.24) is 9.97 Å². The van der Waals surface area contributed by atoms with Crippen LogP contribution in [0.3, 0.4) is 0 Å². The molecule has 2 aromatic heterocycles. The number of hydrogen-bond acceptors (Lipinski definition) is 3. The maximum absolute atomic E-state index is 5.64. The van der Waals surface area contributed by atoms with Crippen LogP contribution in [0.25, 0.3) is 0 Å². The van der Waals surface area contributed by atoms with Crippen molar-refractivity contribution in [3.63, 3.8) is 0 Å². The van der Waals surface area contributed by atoms with E-state index in [0.717, 1.165) is 25.0 Å². The Balaban J connectivity index is 1.97. The Morgan fingerprint density at radius 2 is 1.94 bits per heavy atom. The van der Waals surface area contributed by atoms with E-state index in [1.807, 2.05) is 18.3 Å². The van der Waals surface area contributed by atoms with Crippen molar-refractivity contribution in [3.05, 3.63) is 53.5 Å². The quantitative estimate of drug-likeness (QED) is 0.872. The van der Waals surface area contributed by atoms with Crippen molar-refractivity contribution in [2.24, 2.45) is 0 Å². The third-order valence-corrected chi connectivity index (χ3v) is 2.81. The van der Waals surface area contributed by atoms with Crippen LogP contribution in [-0.2, 0) is 19.3 Å².